The Kier molecular flexibility index (Phi) is 3.83. The topological polar surface area (TPSA) is 37.2 Å². The van der Waals surface area contributed by atoms with E-state index in [0.29, 0.717) is 6.04 Å². The summed E-state index contributed by atoms with van der Waals surface area (Å²) in [5.41, 5.74) is 0. The molecular weight excluding hydrogens is 256 g/mol. The van der Waals surface area contributed by atoms with Gasteiger partial charge in [0.15, 0.2) is 4.67 Å². The molecule has 0 amide bonds. The smallest absolute Gasteiger partial charge is 0.169 e. The van der Waals surface area contributed by atoms with Crippen molar-refractivity contribution in [3.8, 4) is 0 Å². The van der Waals surface area contributed by atoms with Crippen molar-refractivity contribution in [2.24, 2.45) is 0 Å². The second kappa shape index (κ2) is 5.14. The number of hydrogen-bond donors (Lipinski definition) is 2. The van der Waals surface area contributed by atoms with Crippen LogP contribution in [-0.2, 0) is 6.54 Å². The van der Waals surface area contributed by atoms with Crippen LogP contribution in [0.25, 0.3) is 0 Å². The Morgan fingerprint density at radius 2 is 2.33 bits per heavy atom. The van der Waals surface area contributed by atoms with Crippen LogP contribution in [0.4, 0.5) is 0 Å². The lowest BCUT2D eigenvalue weighted by atomic mass is 10.3. The Hall–Kier alpha value is -0.320. The van der Waals surface area contributed by atoms with Crippen LogP contribution in [0.1, 0.15) is 25.5 Å². The molecule has 0 aromatic carbocycles. The Bertz CT molecular complexity index is 309. The average Bonchev–Trinajstić information content (AvgIpc) is 2.95. The molecule has 1 aromatic rings. The summed E-state index contributed by atoms with van der Waals surface area (Å²) in [7, 11) is 0. The number of halogens is 1. The molecule has 1 aliphatic rings. The first-order valence-electron chi connectivity index (χ1n) is 5.45. The average molecular weight is 273 g/mol. The van der Waals surface area contributed by atoms with Gasteiger partial charge in [-0.2, -0.15) is 0 Å². The van der Waals surface area contributed by atoms with Crippen LogP contribution in [0.3, 0.4) is 0 Å². The summed E-state index contributed by atoms with van der Waals surface area (Å²) >= 11 is 3.29. The van der Waals surface area contributed by atoms with E-state index in [1.807, 2.05) is 12.1 Å². The number of furan rings is 1. The van der Waals surface area contributed by atoms with Gasteiger partial charge in [-0.3, -0.25) is 0 Å². The fourth-order valence-corrected chi connectivity index (χ4v) is 1.76. The summed E-state index contributed by atoms with van der Waals surface area (Å²) in [5, 5.41) is 6.91. The first-order chi connectivity index (χ1) is 7.24. The molecule has 15 heavy (non-hydrogen) atoms. The van der Waals surface area contributed by atoms with Gasteiger partial charge in [0.25, 0.3) is 0 Å². The van der Waals surface area contributed by atoms with Crippen LogP contribution >= 0.6 is 15.9 Å². The van der Waals surface area contributed by atoms with E-state index in [9.17, 15) is 0 Å². The largest absolute Gasteiger partial charge is 0.453 e. The summed E-state index contributed by atoms with van der Waals surface area (Å²) < 4.78 is 6.20. The molecular formula is C11H17BrN2O. The van der Waals surface area contributed by atoms with Crippen molar-refractivity contribution in [3.63, 3.8) is 0 Å². The highest BCUT2D eigenvalue weighted by atomic mass is 79.9. The zero-order valence-electron chi connectivity index (χ0n) is 8.92. The minimum atomic E-state index is 0.481. The van der Waals surface area contributed by atoms with E-state index in [1.54, 1.807) is 0 Å². The van der Waals surface area contributed by atoms with Crippen LogP contribution in [0, 0.1) is 0 Å². The van der Waals surface area contributed by atoms with E-state index in [4.69, 9.17) is 4.42 Å². The monoisotopic (exact) mass is 272 g/mol. The highest BCUT2D eigenvalue weighted by Crippen LogP contribution is 2.18. The molecule has 0 radical (unpaired) electrons. The molecule has 2 rings (SSSR count). The predicted molar refractivity (Wildman–Crippen MR) is 63.7 cm³/mol. The van der Waals surface area contributed by atoms with Crippen molar-refractivity contribution >= 4 is 15.9 Å². The van der Waals surface area contributed by atoms with Crippen molar-refractivity contribution in [3.05, 3.63) is 22.6 Å². The maximum atomic E-state index is 5.41. The Morgan fingerprint density at radius 1 is 1.53 bits per heavy atom. The van der Waals surface area contributed by atoms with Gasteiger partial charge >= 0.3 is 0 Å². The summed E-state index contributed by atoms with van der Waals surface area (Å²) in [6.45, 7) is 4.01. The SMILES string of the molecule is CC(CNC1CC1)NCc1ccc(Br)o1. The molecule has 1 heterocycles. The lowest BCUT2D eigenvalue weighted by Gasteiger charge is -2.13. The summed E-state index contributed by atoms with van der Waals surface area (Å²) in [6, 6.07) is 5.17. The van der Waals surface area contributed by atoms with Crippen LogP contribution in [0.5, 0.6) is 0 Å². The molecule has 1 fully saturated rings. The van der Waals surface area contributed by atoms with Crippen LogP contribution in [-0.4, -0.2) is 18.6 Å². The second-order valence-electron chi connectivity index (χ2n) is 4.17. The third-order valence-electron chi connectivity index (χ3n) is 2.54. The maximum absolute atomic E-state index is 5.41. The molecule has 2 N–H and O–H groups in total. The molecule has 1 aliphatic carbocycles. The summed E-state index contributed by atoms with van der Waals surface area (Å²) in [5.74, 6) is 0.972. The quantitative estimate of drug-likeness (QED) is 0.835. The fraction of sp³-hybridized carbons (Fsp3) is 0.636. The van der Waals surface area contributed by atoms with E-state index in [2.05, 4.69) is 33.5 Å². The van der Waals surface area contributed by atoms with Gasteiger partial charge in [-0.25, -0.2) is 0 Å². The minimum absolute atomic E-state index is 0.481. The minimum Gasteiger partial charge on any atom is -0.453 e. The van der Waals surface area contributed by atoms with Gasteiger partial charge in [-0.1, -0.05) is 0 Å². The molecule has 0 bridgehead atoms. The van der Waals surface area contributed by atoms with Gasteiger partial charge in [0.1, 0.15) is 5.76 Å². The van der Waals surface area contributed by atoms with E-state index in [-0.39, 0.29) is 0 Å². The van der Waals surface area contributed by atoms with Gasteiger partial charge in [0, 0.05) is 18.6 Å². The number of nitrogens with one attached hydrogen (secondary N) is 2. The van der Waals surface area contributed by atoms with Crippen molar-refractivity contribution in [2.45, 2.75) is 38.4 Å². The van der Waals surface area contributed by atoms with E-state index < -0.39 is 0 Å². The molecule has 1 aromatic heterocycles. The van der Waals surface area contributed by atoms with Crippen LogP contribution < -0.4 is 10.6 Å². The second-order valence-corrected chi connectivity index (χ2v) is 4.95. The van der Waals surface area contributed by atoms with Crippen molar-refractivity contribution in [2.75, 3.05) is 6.54 Å². The van der Waals surface area contributed by atoms with Gasteiger partial charge < -0.3 is 15.1 Å². The van der Waals surface area contributed by atoms with Gasteiger partial charge in [-0.05, 0) is 47.8 Å². The Balaban J connectivity index is 1.63. The molecule has 3 nitrogen and oxygen atoms in total. The highest BCUT2D eigenvalue weighted by Gasteiger charge is 2.20. The van der Waals surface area contributed by atoms with Crippen molar-refractivity contribution < 1.29 is 4.42 Å². The standard InChI is InChI=1S/C11H17BrN2O/c1-8(6-14-9-2-3-9)13-7-10-4-5-11(12)15-10/h4-5,8-9,13-14H,2-3,6-7H2,1H3. The first-order valence-corrected chi connectivity index (χ1v) is 6.24. The molecule has 0 saturated heterocycles. The maximum Gasteiger partial charge on any atom is 0.169 e. The summed E-state index contributed by atoms with van der Waals surface area (Å²) in [4.78, 5) is 0. The van der Waals surface area contributed by atoms with Crippen LogP contribution in [0.15, 0.2) is 21.2 Å². The zero-order chi connectivity index (χ0) is 10.7. The predicted octanol–water partition coefficient (Wildman–Crippen LogP) is 2.27. The number of hydrogen-bond acceptors (Lipinski definition) is 3. The number of rotatable bonds is 6. The highest BCUT2D eigenvalue weighted by molar-refractivity contribution is 9.10. The Morgan fingerprint density at radius 3 is 2.93 bits per heavy atom. The van der Waals surface area contributed by atoms with Gasteiger partial charge in [0.05, 0.1) is 6.54 Å². The van der Waals surface area contributed by atoms with Crippen LogP contribution in [0.2, 0.25) is 0 Å². The first kappa shape index (κ1) is 11.2. The lowest BCUT2D eigenvalue weighted by Crippen LogP contribution is -2.36. The molecule has 84 valence electrons. The lowest BCUT2D eigenvalue weighted by molar-refractivity contribution is 0.431. The Labute approximate surface area is 98.7 Å². The molecule has 0 spiro atoms. The van der Waals surface area contributed by atoms with E-state index in [0.717, 1.165) is 29.6 Å². The van der Waals surface area contributed by atoms with E-state index >= 15 is 0 Å². The summed E-state index contributed by atoms with van der Waals surface area (Å²) in [6.07, 6.45) is 2.69. The third-order valence-corrected chi connectivity index (χ3v) is 2.97. The zero-order valence-corrected chi connectivity index (χ0v) is 10.5. The normalized spacial score (nSPS) is 18.0. The third kappa shape index (κ3) is 3.97. The van der Waals surface area contributed by atoms with Gasteiger partial charge in [-0.15, -0.1) is 0 Å². The molecule has 0 aliphatic heterocycles. The van der Waals surface area contributed by atoms with Gasteiger partial charge in [0.2, 0.25) is 0 Å². The molecule has 1 saturated carbocycles. The molecule has 4 heteroatoms. The van der Waals surface area contributed by atoms with Crippen molar-refractivity contribution in [1.82, 2.24) is 10.6 Å². The fourth-order valence-electron chi connectivity index (χ4n) is 1.42. The molecule has 1 unspecified atom stereocenters. The molecule has 1 atom stereocenters. The van der Waals surface area contributed by atoms with Crippen molar-refractivity contribution in [1.29, 1.82) is 0 Å². The van der Waals surface area contributed by atoms with E-state index in [1.165, 1.54) is 12.8 Å².